The molecular formula is C18H16ClNO6. The fraction of sp³-hybridized carbons (Fsp3) is 0.389. The zero-order valence-corrected chi connectivity index (χ0v) is 14.8. The Bertz CT molecular complexity index is 882. The van der Waals surface area contributed by atoms with Crippen molar-refractivity contribution in [3.63, 3.8) is 0 Å². The van der Waals surface area contributed by atoms with Gasteiger partial charge in [0.25, 0.3) is 0 Å². The van der Waals surface area contributed by atoms with Crippen LogP contribution >= 0.6 is 11.6 Å². The van der Waals surface area contributed by atoms with Crippen molar-refractivity contribution in [3.8, 4) is 0 Å². The maximum absolute atomic E-state index is 13.1. The van der Waals surface area contributed by atoms with E-state index in [-0.39, 0.29) is 16.3 Å². The molecule has 3 aliphatic rings. The predicted octanol–water partition coefficient (Wildman–Crippen LogP) is 1.32. The zero-order valence-electron chi connectivity index (χ0n) is 14.1. The zero-order chi connectivity index (χ0) is 18.9. The summed E-state index contributed by atoms with van der Waals surface area (Å²) in [7, 11) is 1.22. The van der Waals surface area contributed by atoms with Gasteiger partial charge in [-0.3, -0.25) is 9.59 Å². The lowest BCUT2D eigenvalue weighted by Crippen LogP contribution is -2.43. The Balaban J connectivity index is 1.79. The summed E-state index contributed by atoms with van der Waals surface area (Å²) in [5.41, 5.74) is -1.86. The van der Waals surface area contributed by atoms with Gasteiger partial charge in [0.15, 0.2) is 0 Å². The van der Waals surface area contributed by atoms with Crippen LogP contribution in [0.4, 0.5) is 5.69 Å². The first-order valence-electron chi connectivity index (χ1n) is 8.05. The maximum Gasteiger partial charge on any atom is 0.339 e. The van der Waals surface area contributed by atoms with Crippen LogP contribution < -0.4 is 4.90 Å². The number of ether oxygens (including phenoxy) is 2. The number of nitrogens with zero attached hydrogens (tertiary/aromatic N) is 1. The van der Waals surface area contributed by atoms with Crippen molar-refractivity contribution in [2.45, 2.75) is 18.1 Å². The number of amides is 2. The summed E-state index contributed by atoms with van der Waals surface area (Å²) in [6, 6.07) is 4.29. The number of imide groups is 1. The number of esters is 1. The molecule has 3 aliphatic heterocycles. The highest BCUT2D eigenvalue weighted by atomic mass is 35.5. The van der Waals surface area contributed by atoms with Crippen LogP contribution in [-0.4, -0.2) is 47.8 Å². The fourth-order valence-electron chi connectivity index (χ4n) is 4.21. The first-order chi connectivity index (χ1) is 12.3. The smallest absolute Gasteiger partial charge is 0.339 e. The lowest BCUT2D eigenvalue weighted by molar-refractivity contribution is -0.131. The summed E-state index contributed by atoms with van der Waals surface area (Å²) in [4.78, 5) is 39.0. The number of carbonyl (C=O) groups excluding carboxylic acids is 3. The Morgan fingerprint density at radius 1 is 1.31 bits per heavy atom. The summed E-state index contributed by atoms with van der Waals surface area (Å²) in [5.74, 6) is -3.11. The van der Waals surface area contributed by atoms with E-state index >= 15 is 0 Å². The molecule has 0 radical (unpaired) electrons. The van der Waals surface area contributed by atoms with E-state index < -0.39 is 47.4 Å². The van der Waals surface area contributed by atoms with Crippen molar-refractivity contribution < 1.29 is 29.0 Å². The summed E-state index contributed by atoms with van der Waals surface area (Å²) >= 11 is 6.02. The first kappa shape index (κ1) is 17.2. The van der Waals surface area contributed by atoms with Crippen LogP contribution in [0.3, 0.4) is 0 Å². The second-order valence-electron chi connectivity index (χ2n) is 6.86. The molecule has 0 spiro atoms. The minimum atomic E-state index is -1.20. The quantitative estimate of drug-likeness (QED) is 0.485. The van der Waals surface area contributed by atoms with Crippen LogP contribution in [0.25, 0.3) is 0 Å². The first-order valence-corrected chi connectivity index (χ1v) is 8.43. The third-order valence-electron chi connectivity index (χ3n) is 5.42. The van der Waals surface area contributed by atoms with Gasteiger partial charge in [0.05, 0.1) is 47.4 Å². The van der Waals surface area contributed by atoms with Crippen LogP contribution in [0, 0.1) is 11.8 Å². The lowest BCUT2D eigenvalue weighted by atomic mass is 9.73. The minimum absolute atomic E-state index is 0.0600. The van der Waals surface area contributed by atoms with Gasteiger partial charge in [0.2, 0.25) is 11.8 Å². The van der Waals surface area contributed by atoms with Crippen molar-refractivity contribution >= 4 is 35.1 Å². The van der Waals surface area contributed by atoms with E-state index in [4.69, 9.17) is 16.3 Å². The van der Waals surface area contributed by atoms with Crippen molar-refractivity contribution in [1.29, 1.82) is 0 Å². The van der Waals surface area contributed by atoms with Gasteiger partial charge in [-0.15, -0.1) is 0 Å². The topological polar surface area (TPSA) is 93.1 Å². The van der Waals surface area contributed by atoms with E-state index in [1.54, 1.807) is 19.1 Å². The highest BCUT2D eigenvalue weighted by Crippen LogP contribution is 2.57. The molecule has 0 aromatic heterocycles. The molecule has 0 saturated carbocycles. The van der Waals surface area contributed by atoms with Crippen LogP contribution in [0.2, 0.25) is 5.02 Å². The van der Waals surface area contributed by atoms with Gasteiger partial charge >= 0.3 is 5.97 Å². The van der Waals surface area contributed by atoms with Crippen LogP contribution in [-0.2, 0) is 19.1 Å². The Morgan fingerprint density at radius 2 is 2.00 bits per heavy atom. The molecule has 4 rings (SSSR count). The molecule has 2 bridgehead atoms. The molecule has 1 N–H and O–H groups in total. The molecule has 26 heavy (non-hydrogen) atoms. The van der Waals surface area contributed by atoms with Crippen LogP contribution in [0.15, 0.2) is 30.4 Å². The van der Waals surface area contributed by atoms with Crippen molar-refractivity contribution in [2.75, 3.05) is 18.6 Å². The van der Waals surface area contributed by atoms with Gasteiger partial charge in [0.1, 0.15) is 5.60 Å². The monoisotopic (exact) mass is 377 g/mol. The van der Waals surface area contributed by atoms with E-state index in [0.29, 0.717) is 0 Å². The second-order valence-corrected chi connectivity index (χ2v) is 7.26. The molecule has 3 heterocycles. The normalized spacial score (nSPS) is 34.5. The van der Waals surface area contributed by atoms with Crippen molar-refractivity contribution in [2.24, 2.45) is 11.8 Å². The van der Waals surface area contributed by atoms with Crippen molar-refractivity contribution in [3.05, 3.63) is 40.9 Å². The van der Waals surface area contributed by atoms with Gasteiger partial charge in [0, 0.05) is 0 Å². The molecule has 7 nitrogen and oxygen atoms in total. The number of halogens is 1. The Hall–Kier alpha value is -2.22. The molecule has 1 aromatic rings. The molecule has 0 aliphatic carbocycles. The number of hydrogen-bond acceptors (Lipinski definition) is 6. The van der Waals surface area contributed by atoms with E-state index in [1.165, 1.54) is 25.3 Å². The Morgan fingerprint density at radius 3 is 2.65 bits per heavy atom. The van der Waals surface area contributed by atoms with Crippen LogP contribution in [0.1, 0.15) is 17.3 Å². The third kappa shape index (κ3) is 1.99. The number of aliphatic hydroxyl groups is 1. The number of methoxy groups -OCH3 is 1. The fourth-order valence-corrected chi connectivity index (χ4v) is 4.41. The number of hydrogen-bond donors (Lipinski definition) is 1. The largest absolute Gasteiger partial charge is 0.465 e. The van der Waals surface area contributed by atoms with Gasteiger partial charge < -0.3 is 14.6 Å². The maximum atomic E-state index is 13.1. The average Bonchev–Trinajstić information content (AvgIpc) is 3.21. The molecule has 136 valence electrons. The molecule has 0 unspecified atom stereocenters. The number of anilines is 1. The highest BCUT2D eigenvalue weighted by molar-refractivity contribution is 6.34. The highest BCUT2D eigenvalue weighted by Gasteiger charge is 2.72. The second kappa shape index (κ2) is 5.39. The molecule has 1 aromatic carbocycles. The van der Waals surface area contributed by atoms with E-state index in [1.807, 2.05) is 0 Å². The summed E-state index contributed by atoms with van der Waals surface area (Å²) < 4.78 is 10.5. The van der Waals surface area contributed by atoms with Gasteiger partial charge in [-0.2, -0.15) is 0 Å². The number of aliphatic hydroxyl groups excluding tert-OH is 1. The SMILES string of the molecule is COC(=O)c1cc(N2C(=O)[C@@H]3[C@H](C2=O)[C@@]2(C)C=C[C@@]3(CO)O2)ccc1Cl. The van der Waals surface area contributed by atoms with Gasteiger partial charge in [-0.05, 0) is 25.1 Å². The molecule has 2 fully saturated rings. The molecule has 2 amide bonds. The van der Waals surface area contributed by atoms with Gasteiger partial charge in [-0.25, -0.2) is 9.69 Å². The Kier molecular flexibility index (Phi) is 3.57. The average molecular weight is 378 g/mol. The van der Waals surface area contributed by atoms with Crippen LogP contribution in [0.5, 0.6) is 0 Å². The van der Waals surface area contributed by atoms with E-state index in [0.717, 1.165) is 4.90 Å². The molecule has 4 atom stereocenters. The molecular weight excluding hydrogens is 362 g/mol. The van der Waals surface area contributed by atoms with E-state index in [9.17, 15) is 19.5 Å². The standard InChI is InChI=1S/C18H16ClNO6/c1-17-5-6-18(8-21,26-17)13-12(17)14(22)20(15(13)23)9-3-4-11(19)10(7-9)16(24)25-2/h3-7,12-13,21H,8H2,1-2H3/t12-,13+,17-,18+/m1/s1. The third-order valence-corrected chi connectivity index (χ3v) is 5.75. The molecule has 2 saturated heterocycles. The van der Waals surface area contributed by atoms with Crippen molar-refractivity contribution in [1.82, 2.24) is 0 Å². The molecule has 8 heteroatoms. The number of rotatable bonds is 3. The summed E-state index contributed by atoms with van der Waals surface area (Å²) in [6.45, 7) is 1.32. The summed E-state index contributed by atoms with van der Waals surface area (Å²) in [6.07, 6.45) is 3.38. The van der Waals surface area contributed by atoms with Gasteiger partial charge in [-0.1, -0.05) is 23.8 Å². The predicted molar refractivity (Wildman–Crippen MR) is 90.7 cm³/mol. The Labute approximate surface area is 154 Å². The number of benzene rings is 1. The number of fused-ring (bicyclic) bond motifs is 5. The van der Waals surface area contributed by atoms with E-state index in [2.05, 4.69) is 4.74 Å². The number of carbonyl (C=O) groups is 3. The summed E-state index contributed by atoms with van der Waals surface area (Å²) in [5, 5.41) is 9.97. The lowest BCUT2D eigenvalue weighted by Gasteiger charge is -2.27. The minimum Gasteiger partial charge on any atom is -0.465 e.